The summed E-state index contributed by atoms with van der Waals surface area (Å²) >= 11 is 0. The summed E-state index contributed by atoms with van der Waals surface area (Å²) in [5.74, 6) is -0.00445. The van der Waals surface area contributed by atoms with E-state index in [1.807, 2.05) is 45.0 Å². The molecule has 3 atom stereocenters. The highest BCUT2D eigenvalue weighted by molar-refractivity contribution is 5.83. The lowest BCUT2D eigenvalue weighted by Crippen LogP contribution is -2.49. The van der Waals surface area contributed by atoms with Crippen molar-refractivity contribution in [3.8, 4) is 0 Å². The largest absolute Gasteiger partial charge is 0.444 e. The van der Waals surface area contributed by atoms with E-state index in [1.165, 1.54) is 0 Å². The number of hydrogen-bond acceptors (Lipinski definition) is 4. The van der Waals surface area contributed by atoms with Crippen LogP contribution in [0, 0.1) is 0 Å². The lowest BCUT2D eigenvalue weighted by Gasteiger charge is -2.26. The molecule has 0 spiro atoms. The molecule has 6 heteroatoms. The SMILES string of the molecule is CC(C)(C)OC(=O)N[C@@H]1Cc2ccccc2[C@@H]1NC(=O)[C@@H]1CCCN1. The Bertz CT molecular complexity index is 648. The van der Waals surface area contributed by atoms with Crippen molar-refractivity contribution in [3.63, 3.8) is 0 Å². The zero-order valence-corrected chi connectivity index (χ0v) is 15.1. The number of hydrogen-bond donors (Lipinski definition) is 3. The van der Waals surface area contributed by atoms with Gasteiger partial charge in [-0.05, 0) is 57.7 Å². The molecular weight excluding hydrogens is 318 g/mol. The van der Waals surface area contributed by atoms with Gasteiger partial charge in [0.2, 0.25) is 5.91 Å². The summed E-state index contributed by atoms with van der Waals surface area (Å²) in [6.45, 7) is 6.38. The van der Waals surface area contributed by atoms with Crippen LogP contribution in [0.4, 0.5) is 4.79 Å². The van der Waals surface area contributed by atoms with Crippen LogP contribution in [0.25, 0.3) is 0 Å². The summed E-state index contributed by atoms with van der Waals surface area (Å²) in [5, 5.41) is 9.27. The number of benzene rings is 1. The normalized spacial score (nSPS) is 25.3. The quantitative estimate of drug-likeness (QED) is 0.783. The van der Waals surface area contributed by atoms with Crippen LogP contribution in [0.5, 0.6) is 0 Å². The first-order valence-corrected chi connectivity index (χ1v) is 8.94. The fourth-order valence-corrected chi connectivity index (χ4v) is 3.53. The van der Waals surface area contributed by atoms with E-state index in [1.54, 1.807) is 0 Å². The molecule has 25 heavy (non-hydrogen) atoms. The van der Waals surface area contributed by atoms with E-state index in [4.69, 9.17) is 4.74 Å². The standard InChI is InChI=1S/C19H27N3O3/c1-19(2,3)25-18(24)21-15-11-12-7-4-5-8-13(12)16(15)22-17(23)14-9-6-10-20-14/h4-5,7-8,14-16,20H,6,9-11H2,1-3H3,(H,21,24)(H,22,23)/t14-,15+,16-/m0/s1. The van der Waals surface area contributed by atoms with Crippen LogP contribution in [0.2, 0.25) is 0 Å². The average Bonchev–Trinajstić information content (AvgIpc) is 3.14. The molecule has 3 N–H and O–H groups in total. The van der Waals surface area contributed by atoms with Gasteiger partial charge in [-0.3, -0.25) is 4.79 Å². The third kappa shape index (κ3) is 4.31. The van der Waals surface area contributed by atoms with Gasteiger partial charge in [-0.25, -0.2) is 4.79 Å². The van der Waals surface area contributed by atoms with Crippen LogP contribution in [0.15, 0.2) is 24.3 Å². The van der Waals surface area contributed by atoms with Crippen LogP contribution in [-0.2, 0) is 16.0 Å². The molecule has 0 bridgehead atoms. The Kier molecular flexibility index (Phi) is 4.99. The van der Waals surface area contributed by atoms with Crippen molar-refractivity contribution >= 4 is 12.0 Å². The second kappa shape index (κ2) is 7.04. The Morgan fingerprint density at radius 1 is 1.20 bits per heavy atom. The molecule has 2 amide bonds. The molecule has 3 rings (SSSR count). The van der Waals surface area contributed by atoms with Crippen molar-refractivity contribution in [1.82, 2.24) is 16.0 Å². The second-order valence-corrected chi connectivity index (χ2v) is 7.79. The van der Waals surface area contributed by atoms with E-state index in [-0.39, 0.29) is 24.0 Å². The first-order chi connectivity index (χ1) is 11.8. The van der Waals surface area contributed by atoms with Gasteiger partial charge in [-0.2, -0.15) is 0 Å². The second-order valence-electron chi connectivity index (χ2n) is 7.79. The van der Waals surface area contributed by atoms with E-state index in [2.05, 4.69) is 16.0 Å². The molecule has 0 aromatic heterocycles. The number of nitrogens with one attached hydrogen (secondary N) is 3. The van der Waals surface area contributed by atoms with Crippen LogP contribution in [0.3, 0.4) is 0 Å². The minimum atomic E-state index is -0.554. The molecule has 0 unspecified atom stereocenters. The summed E-state index contributed by atoms with van der Waals surface area (Å²) in [4.78, 5) is 24.7. The van der Waals surface area contributed by atoms with Crippen LogP contribution >= 0.6 is 0 Å². The van der Waals surface area contributed by atoms with Gasteiger partial charge in [-0.1, -0.05) is 24.3 Å². The molecule has 0 radical (unpaired) electrons. The van der Waals surface area contributed by atoms with Crippen molar-refractivity contribution in [3.05, 3.63) is 35.4 Å². The summed E-state index contributed by atoms with van der Waals surface area (Å²) in [7, 11) is 0. The first kappa shape index (κ1) is 17.7. The molecule has 1 aromatic carbocycles. The van der Waals surface area contributed by atoms with Crippen molar-refractivity contribution in [1.29, 1.82) is 0 Å². The van der Waals surface area contributed by atoms with Crippen molar-refractivity contribution in [2.45, 2.75) is 63.8 Å². The smallest absolute Gasteiger partial charge is 0.407 e. The van der Waals surface area contributed by atoms with Crippen molar-refractivity contribution in [2.24, 2.45) is 0 Å². The van der Waals surface area contributed by atoms with E-state index >= 15 is 0 Å². The number of amides is 2. The highest BCUT2D eigenvalue weighted by Crippen LogP contribution is 2.32. The van der Waals surface area contributed by atoms with Gasteiger partial charge < -0.3 is 20.7 Å². The first-order valence-electron chi connectivity index (χ1n) is 8.94. The number of carbonyl (C=O) groups is 2. The fraction of sp³-hybridized carbons (Fsp3) is 0.579. The third-order valence-electron chi connectivity index (χ3n) is 4.61. The molecule has 1 heterocycles. The van der Waals surface area contributed by atoms with E-state index in [0.717, 1.165) is 30.5 Å². The van der Waals surface area contributed by atoms with Gasteiger partial charge in [0.1, 0.15) is 5.60 Å². The molecule has 1 aromatic rings. The maximum atomic E-state index is 12.6. The van der Waals surface area contributed by atoms with Crippen LogP contribution in [-0.4, -0.2) is 36.2 Å². The zero-order chi connectivity index (χ0) is 18.0. The molecule has 6 nitrogen and oxygen atoms in total. The molecule has 0 saturated carbocycles. The third-order valence-corrected chi connectivity index (χ3v) is 4.61. The highest BCUT2D eigenvalue weighted by Gasteiger charge is 2.36. The molecular formula is C19H27N3O3. The van der Waals surface area contributed by atoms with Gasteiger partial charge in [0.05, 0.1) is 18.1 Å². The Morgan fingerprint density at radius 3 is 2.64 bits per heavy atom. The molecule has 1 saturated heterocycles. The van der Waals surface area contributed by atoms with Crippen molar-refractivity contribution < 1.29 is 14.3 Å². The maximum Gasteiger partial charge on any atom is 0.407 e. The lowest BCUT2D eigenvalue weighted by atomic mass is 10.1. The minimum Gasteiger partial charge on any atom is -0.444 e. The Labute approximate surface area is 148 Å². The van der Waals surface area contributed by atoms with E-state index < -0.39 is 11.7 Å². The van der Waals surface area contributed by atoms with Gasteiger partial charge in [0.25, 0.3) is 0 Å². The van der Waals surface area contributed by atoms with Crippen LogP contribution in [0.1, 0.15) is 50.8 Å². The average molecular weight is 345 g/mol. The maximum absolute atomic E-state index is 12.6. The summed E-state index contributed by atoms with van der Waals surface area (Å²) in [5.41, 5.74) is 1.66. The zero-order valence-electron chi connectivity index (χ0n) is 15.1. The van der Waals surface area contributed by atoms with Gasteiger partial charge in [-0.15, -0.1) is 0 Å². The predicted octanol–water partition coefficient (Wildman–Crippen LogP) is 2.05. The van der Waals surface area contributed by atoms with Gasteiger partial charge >= 0.3 is 6.09 Å². The predicted molar refractivity (Wildman–Crippen MR) is 95.2 cm³/mol. The van der Waals surface area contributed by atoms with Gasteiger partial charge in [0, 0.05) is 0 Å². The monoisotopic (exact) mass is 345 g/mol. The van der Waals surface area contributed by atoms with E-state index in [0.29, 0.717) is 6.42 Å². The molecule has 1 aliphatic carbocycles. The lowest BCUT2D eigenvalue weighted by molar-refractivity contribution is -0.123. The van der Waals surface area contributed by atoms with Crippen LogP contribution < -0.4 is 16.0 Å². The minimum absolute atomic E-state index is 0.00445. The molecule has 1 aliphatic heterocycles. The van der Waals surface area contributed by atoms with Crippen molar-refractivity contribution in [2.75, 3.05) is 6.54 Å². The topological polar surface area (TPSA) is 79.5 Å². The fourth-order valence-electron chi connectivity index (χ4n) is 3.53. The Morgan fingerprint density at radius 2 is 1.96 bits per heavy atom. The van der Waals surface area contributed by atoms with E-state index in [9.17, 15) is 9.59 Å². The highest BCUT2D eigenvalue weighted by atomic mass is 16.6. The summed E-state index contributed by atoms with van der Waals surface area (Å²) in [6.07, 6.45) is 2.09. The Hall–Kier alpha value is -2.08. The Balaban J connectivity index is 1.72. The number of carbonyl (C=O) groups excluding carboxylic acids is 2. The number of fused-ring (bicyclic) bond motifs is 1. The summed E-state index contributed by atoms with van der Waals surface area (Å²) in [6, 6.07) is 7.40. The number of alkyl carbamates (subject to hydrolysis) is 1. The number of rotatable bonds is 3. The molecule has 1 fully saturated rings. The molecule has 2 aliphatic rings. The number of ether oxygens (including phenoxy) is 1. The molecule has 136 valence electrons. The summed E-state index contributed by atoms with van der Waals surface area (Å²) < 4.78 is 5.38. The van der Waals surface area contributed by atoms with Gasteiger partial charge in [0.15, 0.2) is 0 Å².